The monoisotopic (exact) mass is 366 g/mol. The number of esters is 2. The zero-order chi connectivity index (χ0) is 19.1. The number of carbonyl (C=O) groups excluding carboxylic acids is 2. The van der Waals surface area contributed by atoms with Crippen LogP contribution in [0.25, 0.3) is 0 Å². The molecule has 0 aliphatic carbocycles. The van der Waals surface area contributed by atoms with Crippen molar-refractivity contribution in [3.63, 3.8) is 0 Å². The van der Waals surface area contributed by atoms with Crippen molar-refractivity contribution in [2.75, 3.05) is 0 Å². The Hall–Kier alpha value is -2.62. The van der Waals surface area contributed by atoms with Gasteiger partial charge in [0.2, 0.25) is 0 Å². The van der Waals surface area contributed by atoms with Gasteiger partial charge in [0.1, 0.15) is 12.4 Å². The highest BCUT2D eigenvalue weighted by Crippen LogP contribution is 2.36. The highest BCUT2D eigenvalue weighted by Gasteiger charge is 2.21. The van der Waals surface area contributed by atoms with Gasteiger partial charge in [0, 0.05) is 24.3 Å². The van der Waals surface area contributed by atoms with Crippen molar-refractivity contribution in [3.8, 4) is 5.75 Å². The lowest BCUT2D eigenvalue weighted by atomic mass is 9.86. The van der Waals surface area contributed by atoms with Crippen LogP contribution in [0.1, 0.15) is 68.1 Å². The number of hydrogen-bond donors (Lipinski definition) is 0. The molecule has 0 spiro atoms. The molecule has 2 aliphatic heterocycles. The van der Waals surface area contributed by atoms with Crippen LogP contribution in [0.15, 0.2) is 48.5 Å². The standard InChI is InChI=1S/C23H26O4/c1-2-8-19(18-9-4-3-5-10-18)20-15-17-13-14-21(20)27-23(25)12-7-6-11-22(24)26-16-17/h3-5,9-10,13-15,19H,2,6-8,11-12,16H2,1H3. The maximum atomic E-state index is 12.3. The summed E-state index contributed by atoms with van der Waals surface area (Å²) in [5.41, 5.74) is 3.08. The molecule has 2 aromatic rings. The van der Waals surface area contributed by atoms with Crippen LogP contribution in [-0.4, -0.2) is 11.9 Å². The Morgan fingerprint density at radius 1 is 0.963 bits per heavy atom. The van der Waals surface area contributed by atoms with Gasteiger partial charge in [-0.05, 0) is 42.5 Å². The maximum absolute atomic E-state index is 12.3. The van der Waals surface area contributed by atoms with Gasteiger partial charge in [-0.3, -0.25) is 9.59 Å². The van der Waals surface area contributed by atoms with E-state index in [2.05, 4.69) is 19.1 Å². The second-order valence-corrected chi connectivity index (χ2v) is 6.97. The molecular formula is C23H26O4. The first kappa shape index (κ1) is 19.2. The number of benzene rings is 2. The first-order valence-corrected chi connectivity index (χ1v) is 9.71. The highest BCUT2D eigenvalue weighted by molar-refractivity contribution is 5.73. The number of hydrogen-bond acceptors (Lipinski definition) is 4. The molecule has 2 bridgehead atoms. The lowest BCUT2D eigenvalue weighted by Crippen LogP contribution is -2.11. The molecule has 0 radical (unpaired) electrons. The Balaban J connectivity index is 2.01. The molecule has 0 N–H and O–H groups in total. The summed E-state index contributed by atoms with van der Waals surface area (Å²) in [5, 5.41) is 0. The molecule has 1 unspecified atom stereocenters. The molecule has 0 amide bonds. The maximum Gasteiger partial charge on any atom is 0.311 e. The Morgan fingerprint density at radius 2 is 1.70 bits per heavy atom. The fourth-order valence-electron chi connectivity index (χ4n) is 3.48. The molecule has 27 heavy (non-hydrogen) atoms. The van der Waals surface area contributed by atoms with Crippen LogP contribution in [0.2, 0.25) is 0 Å². The lowest BCUT2D eigenvalue weighted by Gasteiger charge is -2.21. The minimum Gasteiger partial charge on any atom is -0.461 e. The summed E-state index contributed by atoms with van der Waals surface area (Å²) in [7, 11) is 0. The van der Waals surface area contributed by atoms with E-state index in [0.717, 1.165) is 24.0 Å². The van der Waals surface area contributed by atoms with E-state index in [-0.39, 0.29) is 24.5 Å². The van der Waals surface area contributed by atoms with Gasteiger partial charge in [-0.25, -0.2) is 0 Å². The van der Waals surface area contributed by atoms with E-state index in [1.807, 2.05) is 36.4 Å². The normalized spacial score (nSPS) is 16.5. The van der Waals surface area contributed by atoms with Gasteiger partial charge in [-0.2, -0.15) is 0 Å². The lowest BCUT2D eigenvalue weighted by molar-refractivity contribution is -0.145. The van der Waals surface area contributed by atoms with Crippen LogP contribution >= 0.6 is 0 Å². The largest absolute Gasteiger partial charge is 0.461 e. The Kier molecular flexibility index (Phi) is 6.64. The topological polar surface area (TPSA) is 52.6 Å². The third kappa shape index (κ3) is 5.19. The van der Waals surface area contributed by atoms with E-state index in [0.29, 0.717) is 31.4 Å². The smallest absolute Gasteiger partial charge is 0.311 e. The minimum atomic E-state index is -0.250. The number of ether oxygens (including phenoxy) is 2. The van der Waals surface area contributed by atoms with Gasteiger partial charge in [-0.15, -0.1) is 0 Å². The van der Waals surface area contributed by atoms with Gasteiger partial charge in [0.25, 0.3) is 0 Å². The van der Waals surface area contributed by atoms with Crippen molar-refractivity contribution in [3.05, 3.63) is 65.2 Å². The highest BCUT2D eigenvalue weighted by atomic mass is 16.5. The van der Waals surface area contributed by atoms with Crippen LogP contribution in [0.3, 0.4) is 0 Å². The van der Waals surface area contributed by atoms with Gasteiger partial charge in [-0.1, -0.05) is 49.7 Å². The molecular weight excluding hydrogens is 340 g/mol. The van der Waals surface area contributed by atoms with Crippen LogP contribution in [0, 0.1) is 0 Å². The van der Waals surface area contributed by atoms with Crippen LogP contribution in [-0.2, 0) is 20.9 Å². The van der Waals surface area contributed by atoms with E-state index in [4.69, 9.17) is 9.47 Å². The van der Waals surface area contributed by atoms with E-state index in [1.54, 1.807) is 0 Å². The SMILES string of the molecule is CCCC(c1ccccc1)c1cc2ccc1OC(=O)CCCCC(=O)OC2. The Morgan fingerprint density at radius 3 is 2.44 bits per heavy atom. The average molecular weight is 366 g/mol. The molecule has 2 aromatic carbocycles. The minimum absolute atomic E-state index is 0.125. The summed E-state index contributed by atoms with van der Waals surface area (Å²) in [6.07, 6.45) is 3.84. The number of carbonyl (C=O) groups is 2. The quantitative estimate of drug-likeness (QED) is 0.555. The second kappa shape index (κ2) is 9.36. The number of fused-ring (bicyclic) bond motifs is 10. The molecule has 0 fully saturated rings. The second-order valence-electron chi connectivity index (χ2n) is 6.97. The molecule has 4 heteroatoms. The third-order valence-corrected chi connectivity index (χ3v) is 4.86. The van der Waals surface area contributed by atoms with Crippen molar-refractivity contribution >= 4 is 11.9 Å². The van der Waals surface area contributed by atoms with E-state index in [1.165, 1.54) is 5.56 Å². The molecule has 142 valence electrons. The summed E-state index contributed by atoms with van der Waals surface area (Å²) >= 11 is 0. The van der Waals surface area contributed by atoms with Gasteiger partial charge in [0.05, 0.1) is 0 Å². The summed E-state index contributed by atoms with van der Waals surface area (Å²) < 4.78 is 11.1. The Labute approximate surface area is 160 Å². The predicted molar refractivity (Wildman–Crippen MR) is 104 cm³/mol. The average Bonchev–Trinajstić information content (AvgIpc) is 2.71. The zero-order valence-corrected chi connectivity index (χ0v) is 15.8. The first-order valence-electron chi connectivity index (χ1n) is 9.71. The molecule has 0 saturated carbocycles. The van der Waals surface area contributed by atoms with Crippen molar-refractivity contribution in [1.82, 2.24) is 0 Å². The van der Waals surface area contributed by atoms with Crippen LogP contribution in [0.5, 0.6) is 5.75 Å². The van der Waals surface area contributed by atoms with Crippen molar-refractivity contribution < 1.29 is 19.1 Å². The van der Waals surface area contributed by atoms with Gasteiger partial charge >= 0.3 is 11.9 Å². The van der Waals surface area contributed by atoms with Crippen molar-refractivity contribution in [2.45, 2.75) is 58.0 Å². The molecule has 4 rings (SSSR count). The van der Waals surface area contributed by atoms with Crippen LogP contribution in [0.4, 0.5) is 0 Å². The summed E-state index contributed by atoms with van der Waals surface area (Å²) in [5.74, 6) is 0.262. The Bertz CT molecular complexity index is 782. The third-order valence-electron chi connectivity index (χ3n) is 4.86. The number of rotatable bonds is 4. The van der Waals surface area contributed by atoms with E-state index >= 15 is 0 Å². The van der Waals surface area contributed by atoms with Gasteiger partial charge in [0.15, 0.2) is 0 Å². The summed E-state index contributed by atoms with van der Waals surface area (Å²) in [6.45, 7) is 2.39. The van der Waals surface area contributed by atoms with Gasteiger partial charge < -0.3 is 9.47 Å². The molecule has 1 atom stereocenters. The first-order chi connectivity index (χ1) is 13.2. The molecule has 4 nitrogen and oxygen atoms in total. The summed E-state index contributed by atoms with van der Waals surface area (Å²) in [4.78, 5) is 24.2. The van der Waals surface area contributed by atoms with E-state index in [9.17, 15) is 9.59 Å². The summed E-state index contributed by atoms with van der Waals surface area (Å²) in [6, 6.07) is 16.0. The predicted octanol–water partition coefficient (Wildman–Crippen LogP) is 5.14. The molecule has 2 heterocycles. The molecule has 0 aromatic heterocycles. The molecule has 0 saturated heterocycles. The van der Waals surface area contributed by atoms with E-state index < -0.39 is 0 Å². The van der Waals surface area contributed by atoms with Crippen molar-refractivity contribution in [2.24, 2.45) is 0 Å². The molecule has 2 aliphatic rings. The zero-order valence-electron chi connectivity index (χ0n) is 15.8. The fraction of sp³-hybridized carbons (Fsp3) is 0.391. The van der Waals surface area contributed by atoms with Crippen molar-refractivity contribution in [1.29, 1.82) is 0 Å². The van der Waals surface area contributed by atoms with Crippen LogP contribution < -0.4 is 4.74 Å². The fourth-order valence-corrected chi connectivity index (χ4v) is 3.48.